The van der Waals surface area contributed by atoms with Gasteiger partial charge in [0.1, 0.15) is 0 Å². The summed E-state index contributed by atoms with van der Waals surface area (Å²) < 4.78 is 5.29. The molecule has 1 fully saturated rings. The average molecular weight is 172 g/mol. The van der Waals surface area contributed by atoms with Crippen LogP contribution < -0.4 is 5.73 Å². The number of nitrogens with zero attached hydrogens (tertiary/aromatic N) is 1. The molecule has 0 saturated carbocycles. The molecule has 3 nitrogen and oxygen atoms in total. The van der Waals surface area contributed by atoms with E-state index < -0.39 is 0 Å². The van der Waals surface area contributed by atoms with E-state index in [-0.39, 0.29) is 0 Å². The summed E-state index contributed by atoms with van der Waals surface area (Å²) in [4.78, 5) is 2.15. The van der Waals surface area contributed by atoms with Crippen LogP contribution in [0, 0.1) is 5.92 Å². The Morgan fingerprint density at radius 2 is 2.00 bits per heavy atom. The lowest BCUT2D eigenvalue weighted by Gasteiger charge is -2.29. The van der Waals surface area contributed by atoms with Crippen LogP contribution in [0.4, 0.5) is 0 Å². The van der Waals surface area contributed by atoms with Crippen LogP contribution in [0.3, 0.4) is 0 Å². The molecule has 0 aromatic rings. The smallest absolute Gasteiger partial charge is 0.0469 e. The van der Waals surface area contributed by atoms with Crippen molar-refractivity contribution in [2.45, 2.75) is 18.9 Å². The molecule has 1 atom stereocenters. The Bertz CT molecular complexity index is 122. The maximum absolute atomic E-state index is 6.05. The summed E-state index contributed by atoms with van der Waals surface area (Å²) >= 11 is 0. The topological polar surface area (TPSA) is 38.5 Å². The second-order valence-corrected chi connectivity index (χ2v) is 3.88. The highest BCUT2D eigenvalue weighted by Gasteiger charge is 2.20. The van der Waals surface area contributed by atoms with E-state index in [0.717, 1.165) is 32.6 Å². The molecule has 3 heteroatoms. The molecule has 72 valence electrons. The van der Waals surface area contributed by atoms with E-state index in [1.54, 1.807) is 0 Å². The van der Waals surface area contributed by atoms with Crippen molar-refractivity contribution in [2.24, 2.45) is 11.7 Å². The molecule has 1 aliphatic rings. The molecule has 2 N–H and O–H groups in total. The van der Waals surface area contributed by atoms with Gasteiger partial charge in [-0.25, -0.2) is 0 Å². The highest BCUT2D eigenvalue weighted by Crippen LogP contribution is 2.17. The molecule has 0 aromatic carbocycles. The number of hydrogen-bond acceptors (Lipinski definition) is 3. The second-order valence-electron chi connectivity index (χ2n) is 3.88. The number of rotatable bonds is 3. The van der Waals surface area contributed by atoms with Gasteiger partial charge >= 0.3 is 0 Å². The van der Waals surface area contributed by atoms with Crippen LogP contribution in [0.2, 0.25) is 0 Å². The lowest BCUT2D eigenvalue weighted by molar-refractivity contribution is 0.0554. The quantitative estimate of drug-likeness (QED) is 0.665. The Balaban J connectivity index is 2.24. The molecule has 1 heterocycles. The Hall–Kier alpha value is -0.120. The zero-order valence-electron chi connectivity index (χ0n) is 8.12. The fourth-order valence-corrected chi connectivity index (χ4v) is 1.71. The van der Waals surface area contributed by atoms with Gasteiger partial charge in [0.25, 0.3) is 0 Å². The van der Waals surface area contributed by atoms with Gasteiger partial charge in [-0.05, 0) is 32.9 Å². The molecule has 0 radical (unpaired) electrons. The molecule has 0 spiro atoms. The van der Waals surface area contributed by atoms with Gasteiger partial charge in [0.15, 0.2) is 0 Å². The highest BCUT2D eigenvalue weighted by atomic mass is 16.5. The first-order valence-electron chi connectivity index (χ1n) is 4.68. The van der Waals surface area contributed by atoms with Crippen molar-refractivity contribution in [1.29, 1.82) is 0 Å². The largest absolute Gasteiger partial charge is 0.381 e. The minimum Gasteiger partial charge on any atom is -0.381 e. The van der Waals surface area contributed by atoms with Crippen LogP contribution in [0.1, 0.15) is 12.8 Å². The van der Waals surface area contributed by atoms with Crippen LogP contribution in [-0.4, -0.2) is 44.8 Å². The molecule has 0 aliphatic carbocycles. The standard InChI is InChI=1S/C9H20N2O/c1-11(2)7-9(10)8-3-5-12-6-4-8/h8-9H,3-7,10H2,1-2H3. The molecule has 0 bridgehead atoms. The second kappa shape index (κ2) is 4.80. The van der Waals surface area contributed by atoms with Gasteiger partial charge in [-0.3, -0.25) is 0 Å². The molecule has 1 unspecified atom stereocenters. The molecule has 0 aromatic heterocycles. The zero-order chi connectivity index (χ0) is 8.97. The maximum atomic E-state index is 6.05. The SMILES string of the molecule is CN(C)CC(N)C1CCOCC1. The van der Waals surface area contributed by atoms with Gasteiger partial charge in [-0.1, -0.05) is 0 Å². The monoisotopic (exact) mass is 172 g/mol. The van der Waals surface area contributed by atoms with E-state index in [4.69, 9.17) is 10.5 Å². The highest BCUT2D eigenvalue weighted by molar-refractivity contribution is 4.76. The van der Waals surface area contributed by atoms with Gasteiger partial charge in [0.05, 0.1) is 0 Å². The Morgan fingerprint density at radius 1 is 1.42 bits per heavy atom. The van der Waals surface area contributed by atoms with E-state index in [0.29, 0.717) is 12.0 Å². The van der Waals surface area contributed by atoms with Gasteiger partial charge in [-0.2, -0.15) is 0 Å². The predicted octanol–water partition coefficient (Wildman–Crippen LogP) is 0.302. The average Bonchev–Trinajstić information content (AvgIpc) is 2.05. The van der Waals surface area contributed by atoms with Crippen LogP contribution >= 0.6 is 0 Å². The van der Waals surface area contributed by atoms with Crippen molar-refractivity contribution in [3.8, 4) is 0 Å². The third-order valence-electron chi connectivity index (χ3n) is 2.45. The van der Waals surface area contributed by atoms with E-state index in [1.807, 2.05) is 0 Å². The lowest BCUT2D eigenvalue weighted by atomic mass is 9.92. The minimum absolute atomic E-state index is 0.323. The van der Waals surface area contributed by atoms with Crippen molar-refractivity contribution in [1.82, 2.24) is 4.90 Å². The summed E-state index contributed by atoms with van der Waals surface area (Å²) in [5.74, 6) is 0.668. The van der Waals surface area contributed by atoms with Crippen molar-refractivity contribution < 1.29 is 4.74 Å². The van der Waals surface area contributed by atoms with Crippen molar-refractivity contribution in [3.05, 3.63) is 0 Å². The number of ether oxygens (including phenoxy) is 1. The van der Waals surface area contributed by atoms with Crippen LogP contribution in [0.5, 0.6) is 0 Å². The summed E-state index contributed by atoms with van der Waals surface area (Å²) in [6.45, 7) is 2.78. The minimum atomic E-state index is 0.323. The summed E-state index contributed by atoms with van der Waals surface area (Å²) in [6.07, 6.45) is 2.27. The van der Waals surface area contributed by atoms with Crippen molar-refractivity contribution >= 4 is 0 Å². The predicted molar refractivity (Wildman–Crippen MR) is 50.1 cm³/mol. The van der Waals surface area contributed by atoms with Gasteiger partial charge in [0.2, 0.25) is 0 Å². The third-order valence-corrected chi connectivity index (χ3v) is 2.45. The summed E-state index contributed by atoms with van der Waals surface area (Å²) in [6, 6.07) is 0.323. The van der Waals surface area contributed by atoms with Crippen LogP contribution in [0.15, 0.2) is 0 Å². The van der Waals surface area contributed by atoms with E-state index in [2.05, 4.69) is 19.0 Å². The molecular formula is C9H20N2O. The van der Waals surface area contributed by atoms with E-state index >= 15 is 0 Å². The molecule has 12 heavy (non-hydrogen) atoms. The lowest BCUT2D eigenvalue weighted by Crippen LogP contribution is -2.41. The summed E-state index contributed by atoms with van der Waals surface area (Å²) in [7, 11) is 4.14. The summed E-state index contributed by atoms with van der Waals surface area (Å²) in [5, 5.41) is 0. The number of likely N-dealkylation sites (N-methyl/N-ethyl adjacent to an activating group) is 1. The normalized spacial score (nSPS) is 23.0. The molecule has 1 rings (SSSR count). The third kappa shape index (κ3) is 3.09. The first-order valence-corrected chi connectivity index (χ1v) is 4.68. The number of hydrogen-bond donors (Lipinski definition) is 1. The fraction of sp³-hybridized carbons (Fsp3) is 1.00. The van der Waals surface area contributed by atoms with Gasteiger partial charge in [-0.15, -0.1) is 0 Å². The Kier molecular flexibility index (Phi) is 3.98. The van der Waals surface area contributed by atoms with Crippen LogP contribution in [0.25, 0.3) is 0 Å². The maximum Gasteiger partial charge on any atom is 0.0469 e. The van der Waals surface area contributed by atoms with Gasteiger partial charge < -0.3 is 15.4 Å². The van der Waals surface area contributed by atoms with E-state index in [9.17, 15) is 0 Å². The van der Waals surface area contributed by atoms with Crippen molar-refractivity contribution in [3.63, 3.8) is 0 Å². The van der Waals surface area contributed by atoms with Gasteiger partial charge in [0, 0.05) is 25.8 Å². The molecule has 0 amide bonds. The number of nitrogens with two attached hydrogens (primary N) is 1. The Labute approximate surface area is 74.9 Å². The van der Waals surface area contributed by atoms with Crippen molar-refractivity contribution in [2.75, 3.05) is 33.9 Å². The molecule has 1 saturated heterocycles. The Morgan fingerprint density at radius 3 is 2.50 bits per heavy atom. The zero-order valence-corrected chi connectivity index (χ0v) is 8.12. The fourth-order valence-electron chi connectivity index (χ4n) is 1.71. The van der Waals surface area contributed by atoms with Crippen LogP contribution in [-0.2, 0) is 4.74 Å². The van der Waals surface area contributed by atoms with E-state index in [1.165, 1.54) is 0 Å². The first-order chi connectivity index (χ1) is 5.70. The summed E-state index contributed by atoms with van der Waals surface area (Å²) in [5.41, 5.74) is 6.05. The molecular weight excluding hydrogens is 152 g/mol. The first kappa shape index (κ1) is 9.96. The molecule has 1 aliphatic heterocycles.